The number of ketones is 1. The molecule has 0 aromatic heterocycles. The summed E-state index contributed by atoms with van der Waals surface area (Å²) in [7, 11) is 1.27. The molecule has 0 atom stereocenters. The van der Waals surface area contributed by atoms with Crippen molar-refractivity contribution >= 4 is 23.3 Å². The Balaban J connectivity index is 3.29. The average Bonchev–Trinajstić information content (AvgIpc) is 2.30. The molecule has 0 saturated heterocycles. The Morgan fingerprint density at radius 3 is 2.39 bits per heavy atom. The second-order valence-electron chi connectivity index (χ2n) is 3.36. The molecule has 0 aliphatic rings. The number of methoxy groups -OCH3 is 1. The molecule has 96 valence electrons. The first-order valence-corrected chi connectivity index (χ1v) is 4.81. The molecule has 0 unspecified atom stereocenters. The summed E-state index contributed by atoms with van der Waals surface area (Å²) in [6, 6.07) is 2.10. The predicted octanol–water partition coefficient (Wildman–Crippen LogP) is -0.00550. The maximum absolute atomic E-state index is 11.6. The lowest BCUT2D eigenvalue weighted by Gasteiger charge is -2.17. The maximum atomic E-state index is 11.6. The van der Waals surface area contributed by atoms with Gasteiger partial charge in [0.25, 0.3) is 5.91 Å². The number of aromatic carboxylic acids is 1. The summed E-state index contributed by atoms with van der Waals surface area (Å²) in [5.41, 5.74) is -0.891. The van der Waals surface area contributed by atoms with Crippen LogP contribution in [0.1, 0.15) is 17.3 Å². The first kappa shape index (κ1) is 13.5. The van der Waals surface area contributed by atoms with Crippen LogP contribution in [0.5, 0.6) is 11.5 Å². The summed E-state index contributed by atoms with van der Waals surface area (Å²) < 4.78 is 4.75. The van der Waals surface area contributed by atoms with Gasteiger partial charge in [-0.2, -0.15) is 0 Å². The molecule has 2 N–H and O–H groups in total. The van der Waals surface area contributed by atoms with Gasteiger partial charge in [-0.05, 0) is 12.1 Å². The van der Waals surface area contributed by atoms with Crippen LogP contribution >= 0.6 is 0 Å². The van der Waals surface area contributed by atoms with Gasteiger partial charge in [0, 0.05) is 12.6 Å². The van der Waals surface area contributed by atoms with E-state index in [0.717, 1.165) is 19.1 Å². The molecule has 0 heterocycles. The number of rotatable bonds is 4. The number of hydrogen-bond acceptors (Lipinski definition) is 5. The van der Waals surface area contributed by atoms with Crippen molar-refractivity contribution in [3.8, 4) is 11.5 Å². The Labute approximate surface area is 102 Å². The van der Waals surface area contributed by atoms with Gasteiger partial charge in [-0.25, -0.2) is 4.79 Å². The van der Waals surface area contributed by atoms with Gasteiger partial charge in [0.1, 0.15) is 5.75 Å². The van der Waals surface area contributed by atoms with Gasteiger partial charge in [-0.1, -0.05) is 5.75 Å². The number of carbonyl (C=O) groups is 3. The fourth-order valence-corrected chi connectivity index (χ4v) is 1.21. The molecule has 0 aliphatic heterocycles. The van der Waals surface area contributed by atoms with Gasteiger partial charge in [0.05, 0.1) is 12.7 Å². The standard InChI is InChI=1S/C11H11NO6/c1-5(13)10(15)12-9-7(11(16)17)3-6(18-2)4-8(9)14/h3-4,14H,1-2H3,(H,12,15)(H,16,17)/p-1. The Morgan fingerprint density at radius 1 is 1.33 bits per heavy atom. The third-order valence-electron chi connectivity index (χ3n) is 2.10. The van der Waals surface area contributed by atoms with E-state index in [4.69, 9.17) is 9.84 Å². The molecule has 1 aromatic carbocycles. The topological polar surface area (TPSA) is 116 Å². The smallest absolute Gasteiger partial charge is 0.337 e. The molecule has 0 aliphatic carbocycles. The van der Waals surface area contributed by atoms with Crippen LogP contribution in [0.4, 0.5) is 5.69 Å². The van der Waals surface area contributed by atoms with E-state index < -0.39 is 34.7 Å². The molecule has 1 amide bonds. The largest absolute Gasteiger partial charge is 0.871 e. The molecular weight excluding hydrogens is 242 g/mol. The molecule has 7 nitrogen and oxygen atoms in total. The van der Waals surface area contributed by atoms with Crippen molar-refractivity contribution in [1.29, 1.82) is 0 Å². The molecule has 0 fully saturated rings. The zero-order chi connectivity index (χ0) is 13.9. The molecule has 1 aromatic rings. The SMILES string of the molecule is COc1cc([O-])c(NC(=O)C(C)=O)c(C(=O)O)c1. The van der Waals surface area contributed by atoms with Gasteiger partial charge < -0.3 is 20.3 Å². The molecule has 0 radical (unpaired) electrons. The Bertz CT molecular complexity index is 523. The molecule has 18 heavy (non-hydrogen) atoms. The highest BCUT2D eigenvalue weighted by Gasteiger charge is 2.16. The number of ether oxygens (including phenoxy) is 1. The van der Waals surface area contributed by atoms with E-state index in [9.17, 15) is 19.5 Å². The number of carbonyl (C=O) groups excluding carboxylic acids is 2. The number of Topliss-reactive ketones (excluding diaryl/α,β-unsaturated/α-hetero) is 1. The molecule has 1 rings (SSSR count). The van der Waals surface area contributed by atoms with Crippen molar-refractivity contribution in [2.75, 3.05) is 12.4 Å². The van der Waals surface area contributed by atoms with Gasteiger partial charge in [-0.15, -0.1) is 0 Å². The number of carboxylic acids is 1. The normalized spacial score (nSPS) is 9.67. The monoisotopic (exact) mass is 252 g/mol. The van der Waals surface area contributed by atoms with Crippen LogP contribution in [0.15, 0.2) is 12.1 Å². The van der Waals surface area contributed by atoms with Crippen molar-refractivity contribution in [3.63, 3.8) is 0 Å². The molecule has 0 saturated carbocycles. The summed E-state index contributed by atoms with van der Waals surface area (Å²) in [5, 5.41) is 22.5. The highest BCUT2D eigenvalue weighted by atomic mass is 16.5. The maximum Gasteiger partial charge on any atom is 0.337 e. The van der Waals surface area contributed by atoms with Crippen molar-refractivity contribution in [2.45, 2.75) is 6.92 Å². The van der Waals surface area contributed by atoms with Crippen molar-refractivity contribution in [2.24, 2.45) is 0 Å². The van der Waals surface area contributed by atoms with Gasteiger partial charge in [0.2, 0.25) is 5.78 Å². The Kier molecular flexibility index (Phi) is 3.88. The van der Waals surface area contributed by atoms with Crippen LogP contribution in [0, 0.1) is 0 Å². The minimum absolute atomic E-state index is 0.0539. The van der Waals surface area contributed by atoms with Crippen LogP contribution in [-0.4, -0.2) is 29.9 Å². The minimum atomic E-state index is -1.41. The number of carboxylic acid groups (broad SMARTS) is 1. The lowest BCUT2D eigenvalue weighted by atomic mass is 10.1. The van der Waals surface area contributed by atoms with E-state index in [0.29, 0.717) is 0 Å². The third-order valence-corrected chi connectivity index (χ3v) is 2.10. The summed E-state index contributed by atoms with van der Waals surface area (Å²) in [6.45, 7) is 1.00. The summed E-state index contributed by atoms with van der Waals surface area (Å²) in [6.07, 6.45) is 0. The summed E-state index contributed by atoms with van der Waals surface area (Å²) in [5.74, 6) is -3.99. The van der Waals surface area contributed by atoms with E-state index in [1.807, 2.05) is 5.32 Å². The van der Waals surface area contributed by atoms with Gasteiger partial charge in [0.15, 0.2) is 0 Å². The summed E-state index contributed by atoms with van der Waals surface area (Å²) in [4.78, 5) is 32.9. The first-order chi connectivity index (χ1) is 8.36. The highest BCUT2D eigenvalue weighted by Crippen LogP contribution is 2.30. The molecule has 0 bridgehead atoms. The second kappa shape index (κ2) is 5.17. The fraction of sp³-hybridized carbons (Fsp3) is 0.182. The molecule has 7 heteroatoms. The van der Waals surface area contributed by atoms with Crippen LogP contribution in [0.2, 0.25) is 0 Å². The van der Waals surface area contributed by atoms with E-state index >= 15 is 0 Å². The lowest BCUT2D eigenvalue weighted by molar-refractivity contribution is -0.267. The zero-order valence-electron chi connectivity index (χ0n) is 9.64. The number of hydrogen-bond donors (Lipinski definition) is 2. The number of nitrogens with one attached hydrogen (secondary N) is 1. The Morgan fingerprint density at radius 2 is 1.94 bits per heavy atom. The minimum Gasteiger partial charge on any atom is -0.871 e. The second-order valence-corrected chi connectivity index (χ2v) is 3.36. The molecular formula is C11H10NO6-. The van der Waals surface area contributed by atoms with Gasteiger partial charge >= 0.3 is 5.97 Å². The predicted molar refractivity (Wildman–Crippen MR) is 58.7 cm³/mol. The van der Waals surface area contributed by atoms with E-state index in [1.54, 1.807) is 0 Å². The average molecular weight is 252 g/mol. The van der Waals surface area contributed by atoms with Crippen molar-refractivity contribution in [1.82, 2.24) is 0 Å². The number of amides is 1. The van der Waals surface area contributed by atoms with E-state index in [-0.39, 0.29) is 5.75 Å². The molecule has 0 spiro atoms. The number of benzene rings is 1. The van der Waals surface area contributed by atoms with Crippen LogP contribution in [-0.2, 0) is 9.59 Å². The van der Waals surface area contributed by atoms with Crippen LogP contribution < -0.4 is 15.2 Å². The summed E-state index contributed by atoms with van der Waals surface area (Å²) >= 11 is 0. The fourth-order valence-electron chi connectivity index (χ4n) is 1.21. The van der Waals surface area contributed by atoms with Crippen molar-refractivity contribution in [3.05, 3.63) is 17.7 Å². The first-order valence-electron chi connectivity index (χ1n) is 4.81. The number of anilines is 1. The van der Waals surface area contributed by atoms with E-state index in [1.165, 1.54) is 7.11 Å². The van der Waals surface area contributed by atoms with Crippen LogP contribution in [0.25, 0.3) is 0 Å². The lowest BCUT2D eigenvalue weighted by Crippen LogP contribution is -2.22. The Hall–Kier alpha value is -2.57. The zero-order valence-corrected chi connectivity index (χ0v) is 9.64. The third kappa shape index (κ3) is 2.76. The van der Waals surface area contributed by atoms with Crippen molar-refractivity contribution < 1.29 is 29.3 Å². The quantitative estimate of drug-likeness (QED) is 0.728. The highest BCUT2D eigenvalue weighted by molar-refractivity contribution is 6.40. The van der Waals surface area contributed by atoms with Gasteiger partial charge in [-0.3, -0.25) is 9.59 Å². The van der Waals surface area contributed by atoms with E-state index in [2.05, 4.69) is 0 Å². The van der Waals surface area contributed by atoms with Crippen LogP contribution in [0.3, 0.4) is 0 Å².